The molecule has 0 amide bonds. The first-order valence-corrected chi connectivity index (χ1v) is 10.0. The van der Waals surface area contributed by atoms with Crippen molar-refractivity contribution in [3.05, 3.63) is 44.8 Å². The van der Waals surface area contributed by atoms with E-state index in [1.54, 1.807) is 11.4 Å². The largest absolute Gasteiger partial charge is 0.382 e. The van der Waals surface area contributed by atoms with Crippen molar-refractivity contribution in [3.8, 4) is 0 Å². The summed E-state index contributed by atoms with van der Waals surface area (Å²) in [5, 5.41) is 19.0. The van der Waals surface area contributed by atoms with Gasteiger partial charge >= 0.3 is 0 Å². The average molecular weight is 452 g/mol. The van der Waals surface area contributed by atoms with Crippen molar-refractivity contribution in [3.63, 3.8) is 0 Å². The summed E-state index contributed by atoms with van der Waals surface area (Å²) in [6, 6.07) is 5.95. The highest BCUT2D eigenvalue weighted by atomic mass is 79.9. The van der Waals surface area contributed by atoms with Crippen LogP contribution in [0.15, 0.2) is 39.1 Å². The fourth-order valence-electron chi connectivity index (χ4n) is 1.83. The summed E-state index contributed by atoms with van der Waals surface area (Å²) in [4.78, 5) is 4.84. The lowest BCUT2D eigenvalue weighted by Crippen LogP contribution is -2.34. The van der Waals surface area contributed by atoms with Crippen LogP contribution in [0.3, 0.4) is 0 Å². The summed E-state index contributed by atoms with van der Waals surface area (Å²) in [7, 11) is -3.74. The summed E-state index contributed by atoms with van der Waals surface area (Å²) in [6.45, 7) is 0.374. The number of nitrogens with one attached hydrogen (secondary N) is 3. The number of hydroxylamine groups is 1. The Labute approximate surface area is 156 Å². The fraction of sp³-hybridized carbons (Fsp3) is 0.154. The highest BCUT2D eigenvalue weighted by Crippen LogP contribution is 2.26. The van der Waals surface area contributed by atoms with Crippen LogP contribution in [0.2, 0.25) is 0 Å². The quantitative estimate of drug-likeness (QED) is 0.190. The summed E-state index contributed by atoms with van der Waals surface area (Å²) >= 11 is 4.38. The highest BCUT2D eigenvalue weighted by Gasteiger charge is 2.12. The number of nitrogens with zero attached hydrogens (tertiary/aromatic N) is 1. The minimum atomic E-state index is -3.74. The van der Waals surface area contributed by atoms with Crippen molar-refractivity contribution < 1.29 is 18.0 Å². The molecule has 8 nitrogen and oxygen atoms in total. The van der Waals surface area contributed by atoms with E-state index in [0.717, 1.165) is 0 Å². The van der Waals surface area contributed by atoms with E-state index in [-0.39, 0.29) is 23.4 Å². The molecule has 12 heteroatoms. The van der Waals surface area contributed by atoms with Crippen LogP contribution < -0.4 is 20.7 Å². The Bertz CT molecular complexity index is 872. The second-order valence-corrected chi connectivity index (χ2v) is 7.85. The summed E-state index contributed by atoms with van der Waals surface area (Å²) in [6.07, 6.45) is 0. The number of hydrogen-bond acceptors (Lipinski definition) is 6. The molecule has 6 N–H and O–H groups in total. The van der Waals surface area contributed by atoms with Gasteiger partial charge in [0.1, 0.15) is 5.82 Å². The smallest absolute Gasteiger partial charge is 0.274 e. The zero-order chi connectivity index (χ0) is 18.4. The Morgan fingerprint density at radius 3 is 2.76 bits per heavy atom. The third-order valence-electron chi connectivity index (χ3n) is 2.87. The molecule has 0 atom stereocenters. The van der Waals surface area contributed by atoms with Gasteiger partial charge in [0.15, 0.2) is 5.84 Å². The lowest BCUT2D eigenvalue weighted by Gasteiger charge is -2.09. The number of hydrogen-bond donors (Lipinski definition) is 5. The van der Waals surface area contributed by atoms with Crippen molar-refractivity contribution in [2.45, 2.75) is 0 Å². The van der Waals surface area contributed by atoms with Gasteiger partial charge in [0, 0.05) is 13.1 Å². The number of anilines is 1. The normalized spacial score (nSPS) is 12.2. The molecule has 2 rings (SSSR count). The third-order valence-corrected chi connectivity index (χ3v) is 5.01. The number of nitrogens with two attached hydrogens (primary N) is 1. The lowest BCUT2D eigenvalue weighted by atomic mass is 10.3. The molecule has 0 aliphatic heterocycles. The molecule has 0 aliphatic rings. The van der Waals surface area contributed by atoms with Crippen LogP contribution in [0, 0.1) is 5.82 Å². The first kappa shape index (κ1) is 19.8. The highest BCUT2D eigenvalue weighted by molar-refractivity contribution is 9.10. The maximum Gasteiger partial charge on any atom is 0.274 e. The van der Waals surface area contributed by atoms with E-state index in [2.05, 4.69) is 31.0 Å². The molecule has 0 radical (unpaired) electrons. The van der Waals surface area contributed by atoms with E-state index in [0.29, 0.717) is 16.3 Å². The summed E-state index contributed by atoms with van der Waals surface area (Å²) in [5.41, 5.74) is 3.09. The Balaban J connectivity index is 2.14. The second-order valence-electron chi connectivity index (χ2n) is 4.70. The average Bonchev–Trinajstić information content (AvgIpc) is 3.00. The number of benzene rings is 1. The standard InChI is InChI=1S/C13H15BrFN5O3S2/c14-9-7-8(1-2-10(9)15)19-13(20-21)12-11(3-6-24-12)17-4-5-18-25(16,22)23/h1-3,6-7,17-18,21H,4-5H2,(H,19,20)(H2,16,22,23). The van der Waals surface area contributed by atoms with Crippen LogP contribution in [-0.2, 0) is 10.2 Å². The van der Waals surface area contributed by atoms with Crippen LogP contribution >= 0.6 is 27.3 Å². The molecule has 1 heterocycles. The number of rotatable bonds is 7. The van der Waals surface area contributed by atoms with Gasteiger partial charge in [-0.15, -0.1) is 11.3 Å². The van der Waals surface area contributed by atoms with Crippen LogP contribution in [0.25, 0.3) is 0 Å². The van der Waals surface area contributed by atoms with Gasteiger partial charge in [-0.3, -0.25) is 10.7 Å². The minimum Gasteiger partial charge on any atom is -0.382 e. The maximum atomic E-state index is 13.3. The first-order valence-electron chi connectivity index (χ1n) is 6.83. The van der Waals surface area contributed by atoms with Gasteiger partial charge in [-0.2, -0.15) is 8.42 Å². The van der Waals surface area contributed by atoms with E-state index in [9.17, 15) is 18.0 Å². The monoisotopic (exact) mass is 451 g/mol. The Hall–Kier alpha value is -1.57. The molecular formula is C13H15BrFN5O3S2. The topological polar surface area (TPSA) is 129 Å². The van der Waals surface area contributed by atoms with Crippen LogP contribution in [0.1, 0.15) is 4.88 Å². The number of thiophene rings is 1. The third kappa shape index (κ3) is 6.02. The van der Waals surface area contributed by atoms with Crippen LogP contribution in [-0.4, -0.2) is 32.6 Å². The second kappa shape index (κ2) is 8.69. The van der Waals surface area contributed by atoms with Gasteiger partial charge in [-0.05, 0) is 45.6 Å². The number of halogens is 2. The number of amidine groups is 1. The van der Waals surface area contributed by atoms with Crippen molar-refractivity contribution in [2.75, 3.05) is 18.4 Å². The summed E-state index contributed by atoms with van der Waals surface area (Å²) < 4.78 is 37.3. The van der Waals surface area contributed by atoms with E-state index >= 15 is 0 Å². The SMILES string of the molecule is NS(=O)(=O)NCCNc1ccsc1C(=Nc1ccc(F)c(Br)c1)NO. The molecule has 0 bridgehead atoms. The van der Waals surface area contributed by atoms with Gasteiger partial charge in [-0.1, -0.05) is 0 Å². The molecule has 1 aromatic heterocycles. The zero-order valence-corrected chi connectivity index (χ0v) is 15.9. The van der Waals surface area contributed by atoms with Crippen LogP contribution in [0.4, 0.5) is 15.8 Å². The molecule has 136 valence electrons. The number of aliphatic imine (C=N–C) groups is 1. The predicted octanol–water partition coefficient (Wildman–Crippen LogP) is 1.91. The Morgan fingerprint density at radius 1 is 1.36 bits per heavy atom. The van der Waals surface area contributed by atoms with Crippen molar-refractivity contribution in [2.24, 2.45) is 10.1 Å². The van der Waals surface area contributed by atoms with Crippen molar-refractivity contribution >= 4 is 54.7 Å². The molecule has 0 aliphatic carbocycles. The molecule has 1 aromatic carbocycles. The molecule has 2 aromatic rings. The zero-order valence-electron chi connectivity index (χ0n) is 12.7. The Morgan fingerprint density at radius 2 is 2.12 bits per heavy atom. The summed E-state index contributed by atoms with van der Waals surface area (Å²) in [5.74, 6) is -0.256. The molecule has 25 heavy (non-hydrogen) atoms. The first-order chi connectivity index (χ1) is 11.8. The van der Waals surface area contributed by atoms with E-state index in [1.165, 1.54) is 29.5 Å². The molecule has 0 fully saturated rings. The molecule has 0 unspecified atom stereocenters. The van der Waals surface area contributed by atoms with Gasteiger partial charge in [0.2, 0.25) is 0 Å². The fourth-order valence-corrected chi connectivity index (χ4v) is 3.40. The maximum absolute atomic E-state index is 13.3. The molecule has 0 saturated carbocycles. The predicted molar refractivity (Wildman–Crippen MR) is 99.1 cm³/mol. The molecule has 0 saturated heterocycles. The van der Waals surface area contributed by atoms with E-state index in [1.807, 2.05) is 5.48 Å². The minimum absolute atomic E-state index is 0.0953. The van der Waals surface area contributed by atoms with Crippen molar-refractivity contribution in [1.29, 1.82) is 0 Å². The van der Waals surface area contributed by atoms with Gasteiger partial charge in [0.25, 0.3) is 10.2 Å². The lowest BCUT2D eigenvalue weighted by molar-refractivity contribution is 0.235. The molecular weight excluding hydrogens is 437 g/mol. The van der Waals surface area contributed by atoms with E-state index in [4.69, 9.17) is 5.14 Å². The molecule has 0 spiro atoms. The van der Waals surface area contributed by atoms with Crippen molar-refractivity contribution in [1.82, 2.24) is 10.2 Å². The van der Waals surface area contributed by atoms with E-state index < -0.39 is 16.0 Å². The van der Waals surface area contributed by atoms with Crippen LogP contribution in [0.5, 0.6) is 0 Å². The van der Waals surface area contributed by atoms with Gasteiger partial charge in [0.05, 0.1) is 20.7 Å². The Kier molecular flexibility index (Phi) is 6.87. The van der Waals surface area contributed by atoms with Gasteiger partial charge in [-0.25, -0.2) is 19.2 Å². The van der Waals surface area contributed by atoms with Gasteiger partial charge < -0.3 is 5.32 Å².